The van der Waals surface area contributed by atoms with Gasteiger partial charge >= 0.3 is 5.97 Å². The van der Waals surface area contributed by atoms with Crippen LogP contribution in [-0.2, 0) is 14.6 Å². The van der Waals surface area contributed by atoms with E-state index in [-0.39, 0.29) is 16.6 Å². The van der Waals surface area contributed by atoms with E-state index in [1.54, 1.807) is 0 Å². The number of rotatable bonds is 3. The molecule has 1 aliphatic rings. The Kier molecular flexibility index (Phi) is 2.86. The van der Waals surface area contributed by atoms with Crippen LogP contribution >= 0.6 is 0 Å². The lowest BCUT2D eigenvalue weighted by atomic mass is 10.1. The van der Waals surface area contributed by atoms with Gasteiger partial charge in [0.25, 0.3) is 0 Å². The molecule has 0 bridgehead atoms. The summed E-state index contributed by atoms with van der Waals surface area (Å²) in [6, 6.07) is 0. The summed E-state index contributed by atoms with van der Waals surface area (Å²) in [6.45, 7) is 0. The molecule has 0 unspecified atom stereocenters. The van der Waals surface area contributed by atoms with E-state index in [0.29, 0.717) is 5.69 Å². The first-order valence-electron chi connectivity index (χ1n) is 5.09. The summed E-state index contributed by atoms with van der Waals surface area (Å²) in [5, 5.41) is -0.243. The Bertz CT molecular complexity index is 564. The highest BCUT2D eigenvalue weighted by molar-refractivity contribution is 7.90. The van der Waals surface area contributed by atoms with Gasteiger partial charge in [-0.2, -0.15) is 0 Å². The van der Waals surface area contributed by atoms with Crippen LogP contribution in [0.2, 0.25) is 0 Å². The van der Waals surface area contributed by atoms with E-state index in [1.165, 1.54) is 13.3 Å². The average molecular weight is 256 g/mol. The fourth-order valence-corrected chi connectivity index (χ4v) is 2.00. The molecule has 1 aromatic rings. The van der Waals surface area contributed by atoms with Crippen LogP contribution < -0.4 is 0 Å². The Morgan fingerprint density at radius 1 is 1.47 bits per heavy atom. The monoisotopic (exact) mass is 256 g/mol. The Labute approximate surface area is 99.0 Å². The molecule has 92 valence electrons. The van der Waals surface area contributed by atoms with Gasteiger partial charge in [0.15, 0.2) is 0 Å². The van der Waals surface area contributed by atoms with Gasteiger partial charge in [-0.1, -0.05) is 0 Å². The number of methoxy groups -OCH3 is 1. The minimum Gasteiger partial charge on any atom is -0.465 e. The van der Waals surface area contributed by atoms with Crippen LogP contribution in [0.4, 0.5) is 0 Å². The largest absolute Gasteiger partial charge is 0.465 e. The Hall–Kier alpha value is -1.50. The molecule has 0 N–H and O–H groups in total. The summed E-state index contributed by atoms with van der Waals surface area (Å²) >= 11 is 0. The minimum atomic E-state index is -3.45. The van der Waals surface area contributed by atoms with Crippen LogP contribution in [0.5, 0.6) is 0 Å². The molecule has 1 aliphatic carbocycles. The number of sulfone groups is 1. The summed E-state index contributed by atoms with van der Waals surface area (Å²) in [7, 11) is -2.19. The zero-order valence-corrected chi connectivity index (χ0v) is 10.3. The molecule has 0 aromatic carbocycles. The SMILES string of the molecule is COC(=O)c1cnc(S(C)(=O)=O)nc1C1CC1. The lowest BCUT2D eigenvalue weighted by molar-refractivity contribution is 0.0598. The van der Waals surface area contributed by atoms with E-state index >= 15 is 0 Å². The fraction of sp³-hybridized carbons (Fsp3) is 0.500. The first kappa shape index (κ1) is 12.0. The predicted molar refractivity (Wildman–Crippen MR) is 58.5 cm³/mol. The molecule has 6 nitrogen and oxygen atoms in total. The molecular weight excluding hydrogens is 244 g/mol. The van der Waals surface area contributed by atoms with Crippen molar-refractivity contribution in [2.24, 2.45) is 0 Å². The van der Waals surface area contributed by atoms with Gasteiger partial charge in [0.1, 0.15) is 0 Å². The van der Waals surface area contributed by atoms with Gasteiger partial charge in [-0.25, -0.2) is 23.2 Å². The molecule has 0 atom stereocenters. The van der Waals surface area contributed by atoms with Crippen molar-refractivity contribution >= 4 is 15.8 Å². The standard InChI is InChI=1S/C10H12N2O4S/c1-16-9(13)7-5-11-10(17(2,14)15)12-8(7)6-3-4-6/h5-6H,3-4H2,1-2H3. The van der Waals surface area contributed by atoms with E-state index in [0.717, 1.165) is 19.1 Å². The first-order valence-corrected chi connectivity index (χ1v) is 6.98. The molecule has 1 heterocycles. The molecule has 2 rings (SSSR count). The maximum Gasteiger partial charge on any atom is 0.341 e. The Morgan fingerprint density at radius 2 is 2.12 bits per heavy atom. The van der Waals surface area contributed by atoms with Gasteiger partial charge in [0, 0.05) is 18.4 Å². The summed E-state index contributed by atoms with van der Waals surface area (Å²) < 4.78 is 27.3. The molecule has 0 spiro atoms. The minimum absolute atomic E-state index is 0.146. The second kappa shape index (κ2) is 4.06. The molecular formula is C10H12N2O4S. The van der Waals surface area contributed by atoms with Crippen molar-refractivity contribution in [3.8, 4) is 0 Å². The zero-order chi connectivity index (χ0) is 12.6. The number of carbonyl (C=O) groups excluding carboxylic acids is 1. The number of hydrogen-bond donors (Lipinski definition) is 0. The average Bonchev–Trinajstić information content (AvgIpc) is 3.10. The lowest BCUT2D eigenvalue weighted by Crippen LogP contribution is -2.12. The number of nitrogens with zero attached hydrogens (tertiary/aromatic N) is 2. The number of esters is 1. The first-order chi connectivity index (χ1) is 7.93. The van der Waals surface area contributed by atoms with Crippen LogP contribution in [0.15, 0.2) is 11.4 Å². The Balaban J connectivity index is 2.52. The number of hydrogen-bond acceptors (Lipinski definition) is 6. The van der Waals surface area contributed by atoms with Crippen LogP contribution in [0, 0.1) is 0 Å². The third-order valence-corrected chi connectivity index (χ3v) is 3.36. The summed E-state index contributed by atoms with van der Waals surface area (Å²) in [6.07, 6.45) is 4.08. The molecule has 0 radical (unpaired) electrons. The summed E-state index contributed by atoms with van der Waals surface area (Å²) in [4.78, 5) is 19.1. The van der Waals surface area contributed by atoms with Gasteiger partial charge in [-0.05, 0) is 12.8 Å². The lowest BCUT2D eigenvalue weighted by Gasteiger charge is -2.06. The van der Waals surface area contributed by atoms with E-state index in [1.807, 2.05) is 0 Å². The van der Waals surface area contributed by atoms with E-state index in [4.69, 9.17) is 0 Å². The van der Waals surface area contributed by atoms with Gasteiger partial charge in [-0.15, -0.1) is 0 Å². The van der Waals surface area contributed by atoms with Gasteiger partial charge in [0.05, 0.1) is 18.4 Å². The fourth-order valence-electron chi connectivity index (χ4n) is 1.49. The predicted octanol–water partition coefficient (Wildman–Crippen LogP) is 0.544. The van der Waals surface area contributed by atoms with E-state index < -0.39 is 15.8 Å². The molecule has 0 amide bonds. The second-order valence-corrected chi connectivity index (χ2v) is 5.90. The normalized spacial score (nSPS) is 15.6. The molecule has 0 saturated heterocycles. The van der Waals surface area contributed by atoms with Crippen molar-refractivity contribution in [1.82, 2.24) is 9.97 Å². The highest BCUT2D eigenvalue weighted by Gasteiger charge is 2.31. The molecule has 1 fully saturated rings. The van der Waals surface area contributed by atoms with Gasteiger partial charge < -0.3 is 4.74 Å². The number of carbonyl (C=O) groups is 1. The second-order valence-electron chi connectivity index (χ2n) is 3.99. The number of ether oxygens (including phenoxy) is 1. The van der Waals surface area contributed by atoms with Crippen molar-refractivity contribution in [3.63, 3.8) is 0 Å². The summed E-state index contributed by atoms with van der Waals surface area (Å²) in [5.74, 6) is -0.389. The van der Waals surface area contributed by atoms with Crippen molar-refractivity contribution < 1.29 is 17.9 Å². The third kappa shape index (κ3) is 2.44. The maximum absolute atomic E-state index is 11.5. The third-order valence-electron chi connectivity index (χ3n) is 2.50. The quantitative estimate of drug-likeness (QED) is 0.579. The molecule has 1 saturated carbocycles. The van der Waals surface area contributed by atoms with Crippen molar-refractivity contribution in [2.75, 3.05) is 13.4 Å². The smallest absolute Gasteiger partial charge is 0.341 e. The van der Waals surface area contributed by atoms with Crippen LogP contribution in [0.1, 0.15) is 34.8 Å². The van der Waals surface area contributed by atoms with Crippen LogP contribution in [0.25, 0.3) is 0 Å². The highest BCUT2D eigenvalue weighted by Crippen LogP contribution is 2.40. The summed E-state index contributed by atoms with van der Waals surface area (Å²) in [5.41, 5.74) is 0.731. The molecule has 17 heavy (non-hydrogen) atoms. The number of aromatic nitrogens is 2. The van der Waals surface area contributed by atoms with Crippen molar-refractivity contribution in [2.45, 2.75) is 23.9 Å². The van der Waals surface area contributed by atoms with Crippen molar-refractivity contribution in [3.05, 3.63) is 17.5 Å². The Morgan fingerprint density at radius 3 is 2.59 bits per heavy atom. The highest BCUT2D eigenvalue weighted by atomic mass is 32.2. The molecule has 0 aliphatic heterocycles. The van der Waals surface area contributed by atoms with E-state index in [2.05, 4.69) is 14.7 Å². The van der Waals surface area contributed by atoms with Crippen LogP contribution in [0.3, 0.4) is 0 Å². The zero-order valence-electron chi connectivity index (χ0n) is 9.50. The van der Waals surface area contributed by atoms with Crippen LogP contribution in [-0.4, -0.2) is 37.7 Å². The van der Waals surface area contributed by atoms with Gasteiger partial charge in [0.2, 0.25) is 15.0 Å². The molecule has 1 aromatic heterocycles. The topological polar surface area (TPSA) is 86.2 Å². The molecule has 7 heteroatoms. The van der Waals surface area contributed by atoms with E-state index in [9.17, 15) is 13.2 Å². The van der Waals surface area contributed by atoms with Crippen molar-refractivity contribution in [1.29, 1.82) is 0 Å². The maximum atomic E-state index is 11.5. The van der Waals surface area contributed by atoms with Gasteiger partial charge in [-0.3, -0.25) is 0 Å².